The summed E-state index contributed by atoms with van der Waals surface area (Å²) in [6.45, 7) is -1.86. The number of anilines is 1. The van der Waals surface area contributed by atoms with Crippen LogP contribution in [0, 0.1) is 11.3 Å². The third kappa shape index (κ3) is 2.45. The maximum absolute atomic E-state index is 12.0. The van der Waals surface area contributed by atoms with Crippen LogP contribution in [-0.2, 0) is 0 Å². The molecule has 0 fully saturated rings. The maximum Gasteiger partial charge on any atom is 0.387 e. The molecule has 6 heteroatoms. The van der Waals surface area contributed by atoms with Crippen LogP contribution in [0.3, 0.4) is 0 Å². The van der Waals surface area contributed by atoms with Gasteiger partial charge in [-0.3, -0.25) is 4.79 Å². The fourth-order valence-corrected chi connectivity index (χ4v) is 1.16. The minimum absolute atomic E-state index is 0.0110. The number of Topliss-reactive ketones (excluding diaryl/α,β-unsaturated/α-hetero) is 1. The predicted molar refractivity (Wildman–Crippen MR) is 52.2 cm³/mol. The molecule has 0 aliphatic heterocycles. The quantitative estimate of drug-likeness (QED) is 0.631. The number of ether oxygens (including phenoxy) is 1. The van der Waals surface area contributed by atoms with Gasteiger partial charge in [-0.1, -0.05) is 0 Å². The average Bonchev–Trinajstić information content (AvgIpc) is 2.16. The van der Waals surface area contributed by atoms with E-state index in [-0.39, 0.29) is 22.6 Å². The monoisotopic (exact) mass is 226 g/mol. The summed E-state index contributed by atoms with van der Waals surface area (Å²) >= 11 is 0. The molecule has 0 atom stereocenters. The standard InChI is InChI=1S/C10H8F2N2O2/c1-5(15)7-2-6(4-13)8(14)3-9(7)16-10(11)12/h2-3,10H,14H2,1H3. The molecule has 0 saturated carbocycles. The molecule has 0 bridgehead atoms. The van der Waals surface area contributed by atoms with E-state index >= 15 is 0 Å². The van der Waals surface area contributed by atoms with Crippen molar-refractivity contribution in [3.8, 4) is 11.8 Å². The normalized spacial score (nSPS) is 9.94. The third-order valence-electron chi connectivity index (χ3n) is 1.87. The number of hydrogen-bond acceptors (Lipinski definition) is 4. The number of ketones is 1. The lowest BCUT2D eigenvalue weighted by Crippen LogP contribution is -2.08. The molecule has 1 aromatic carbocycles. The number of carbonyl (C=O) groups excluding carboxylic acids is 1. The molecular weight excluding hydrogens is 218 g/mol. The van der Waals surface area contributed by atoms with Crippen LogP contribution in [0.2, 0.25) is 0 Å². The van der Waals surface area contributed by atoms with Gasteiger partial charge >= 0.3 is 6.61 Å². The van der Waals surface area contributed by atoms with Gasteiger partial charge in [0.25, 0.3) is 0 Å². The number of nitrogen functional groups attached to an aromatic ring is 1. The predicted octanol–water partition coefficient (Wildman–Crippen LogP) is 1.94. The first-order valence-electron chi connectivity index (χ1n) is 4.25. The van der Waals surface area contributed by atoms with Crippen LogP contribution in [0.15, 0.2) is 12.1 Å². The van der Waals surface area contributed by atoms with Gasteiger partial charge in [0.2, 0.25) is 0 Å². The zero-order valence-corrected chi connectivity index (χ0v) is 8.33. The number of rotatable bonds is 3. The number of carbonyl (C=O) groups is 1. The molecule has 1 rings (SSSR count). The summed E-state index contributed by atoms with van der Waals surface area (Å²) in [6.07, 6.45) is 0. The lowest BCUT2D eigenvalue weighted by Gasteiger charge is -2.10. The zero-order valence-electron chi connectivity index (χ0n) is 8.33. The van der Waals surface area contributed by atoms with E-state index in [1.165, 1.54) is 6.92 Å². The van der Waals surface area contributed by atoms with Crippen molar-refractivity contribution < 1.29 is 18.3 Å². The topological polar surface area (TPSA) is 76.1 Å². The lowest BCUT2D eigenvalue weighted by atomic mass is 10.1. The molecule has 1 aromatic rings. The number of halogens is 2. The Labute approximate surface area is 90.2 Å². The molecule has 0 unspecified atom stereocenters. The van der Waals surface area contributed by atoms with Crippen molar-refractivity contribution in [2.75, 3.05) is 5.73 Å². The third-order valence-corrected chi connectivity index (χ3v) is 1.87. The van der Waals surface area contributed by atoms with E-state index in [1.54, 1.807) is 6.07 Å². The van der Waals surface area contributed by atoms with E-state index in [1.807, 2.05) is 0 Å². The van der Waals surface area contributed by atoms with Crippen molar-refractivity contribution in [1.82, 2.24) is 0 Å². The van der Waals surface area contributed by atoms with Crippen LogP contribution in [-0.4, -0.2) is 12.4 Å². The van der Waals surface area contributed by atoms with Crippen LogP contribution in [0.5, 0.6) is 5.75 Å². The van der Waals surface area contributed by atoms with Gasteiger partial charge in [0.1, 0.15) is 11.8 Å². The second-order valence-corrected chi connectivity index (χ2v) is 2.98. The summed E-state index contributed by atoms with van der Waals surface area (Å²) in [5.74, 6) is -0.800. The zero-order chi connectivity index (χ0) is 12.3. The average molecular weight is 226 g/mol. The molecule has 0 aliphatic carbocycles. The SMILES string of the molecule is CC(=O)c1cc(C#N)c(N)cc1OC(F)F. The van der Waals surface area contributed by atoms with Gasteiger partial charge < -0.3 is 10.5 Å². The van der Waals surface area contributed by atoms with Crippen molar-refractivity contribution in [3.05, 3.63) is 23.3 Å². The van der Waals surface area contributed by atoms with E-state index in [0.717, 1.165) is 12.1 Å². The molecule has 0 amide bonds. The summed E-state index contributed by atoms with van der Waals surface area (Å²) in [5, 5.41) is 8.67. The van der Waals surface area contributed by atoms with Gasteiger partial charge in [-0.25, -0.2) is 0 Å². The van der Waals surface area contributed by atoms with Crippen molar-refractivity contribution in [2.45, 2.75) is 13.5 Å². The van der Waals surface area contributed by atoms with Crippen LogP contribution in [0.4, 0.5) is 14.5 Å². The van der Waals surface area contributed by atoms with Crippen LogP contribution < -0.4 is 10.5 Å². The highest BCUT2D eigenvalue weighted by atomic mass is 19.3. The summed E-state index contributed by atoms with van der Waals surface area (Å²) < 4.78 is 28.2. The fourth-order valence-electron chi connectivity index (χ4n) is 1.16. The molecule has 0 aliphatic rings. The Morgan fingerprint density at radius 2 is 2.19 bits per heavy atom. The highest BCUT2D eigenvalue weighted by molar-refractivity contribution is 5.98. The Morgan fingerprint density at radius 1 is 1.56 bits per heavy atom. The number of alkyl halides is 2. The van der Waals surface area contributed by atoms with Crippen LogP contribution in [0.1, 0.15) is 22.8 Å². The first-order chi connectivity index (χ1) is 7.45. The molecule has 2 N–H and O–H groups in total. The number of hydrogen-bond donors (Lipinski definition) is 1. The van der Waals surface area contributed by atoms with E-state index in [9.17, 15) is 13.6 Å². The molecule has 0 saturated heterocycles. The highest BCUT2D eigenvalue weighted by Gasteiger charge is 2.15. The Bertz CT molecular complexity index is 467. The number of nitrogens with two attached hydrogens (primary N) is 1. The fraction of sp³-hybridized carbons (Fsp3) is 0.200. The summed E-state index contributed by atoms with van der Waals surface area (Å²) in [7, 11) is 0. The lowest BCUT2D eigenvalue weighted by molar-refractivity contribution is -0.0500. The summed E-state index contributed by atoms with van der Waals surface area (Å²) in [5.41, 5.74) is 5.36. The molecule has 4 nitrogen and oxygen atoms in total. The van der Waals surface area contributed by atoms with Gasteiger partial charge in [0.15, 0.2) is 5.78 Å². The number of nitrogens with zero attached hydrogens (tertiary/aromatic N) is 1. The molecule has 16 heavy (non-hydrogen) atoms. The number of nitriles is 1. The van der Waals surface area contributed by atoms with Gasteiger partial charge in [0.05, 0.1) is 16.8 Å². The van der Waals surface area contributed by atoms with Gasteiger partial charge in [-0.15, -0.1) is 0 Å². The second kappa shape index (κ2) is 4.57. The second-order valence-electron chi connectivity index (χ2n) is 2.98. The van der Waals surface area contributed by atoms with E-state index < -0.39 is 12.4 Å². The molecular formula is C10H8F2N2O2. The highest BCUT2D eigenvalue weighted by Crippen LogP contribution is 2.27. The van der Waals surface area contributed by atoms with Crippen molar-refractivity contribution in [1.29, 1.82) is 5.26 Å². The summed E-state index contributed by atoms with van der Waals surface area (Å²) in [4.78, 5) is 11.2. The van der Waals surface area contributed by atoms with E-state index in [0.29, 0.717) is 0 Å². The van der Waals surface area contributed by atoms with Crippen molar-refractivity contribution in [2.24, 2.45) is 0 Å². The molecule has 0 radical (unpaired) electrons. The maximum atomic E-state index is 12.0. The number of benzene rings is 1. The Kier molecular flexibility index (Phi) is 3.40. The van der Waals surface area contributed by atoms with Crippen LogP contribution in [0.25, 0.3) is 0 Å². The molecule has 0 spiro atoms. The van der Waals surface area contributed by atoms with Crippen molar-refractivity contribution in [3.63, 3.8) is 0 Å². The Morgan fingerprint density at radius 3 is 2.62 bits per heavy atom. The minimum Gasteiger partial charge on any atom is -0.434 e. The Balaban J connectivity index is 3.31. The van der Waals surface area contributed by atoms with Crippen LogP contribution >= 0.6 is 0 Å². The van der Waals surface area contributed by atoms with Crippen molar-refractivity contribution >= 4 is 11.5 Å². The Hall–Kier alpha value is -2.16. The molecule has 84 valence electrons. The van der Waals surface area contributed by atoms with Gasteiger partial charge in [-0.05, 0) is 13.0 Å². The van der Waals surface area contributed by atoms with Gasteiger partial charge in [0, 0.05) is 6.07 Å². The first-order valence-corrected chi connectivity index (χ1v) is 4.25. The largest absolute Gasteiger partial charge is 0.434 e. The summed E-state index contributed by atoms with van der Waals surface area (Å²) in [6, 6.07) is 3.93. The molecule has 0 aromatic heterocycles. The van der Waals surface area contributed by atoms with Gasteiger partial charge in [-0.2, -0.15) is 14.0 Å². The molecule has 0 heterocycles. The van der Waals surface area contributed by atoms with E-state index in [2.05, 4.69) is 4.74 Å². The minimum atomic E-state index is -3.05. The van der Waals surface area contributed by atoms with E-state index in [4.69, 9.17) is 11.0 Å². The smallest absolute Gasteiger partial charge is 0.387 e. The first kappa shape index (κ1) is 11.9.